The SMILES string of the molecule is CC(C)(C)C1CCC(O)CC1.CCC(CC)C1CCCC(O)C1. The van der Waals surface area contributed by atoms with Gasteiger partial charge in [0, 0.05) is 0 Å². The Kier molecular flexibility index (Phi) is 9.15. The highest BCUT2D eigenvalue weighted by Gasteiger charge is 2.28. The summed E-state index contributed by atoms with van der Waals surface area (Å²) in [7, 11) is 0. The lowest BCUT2D eigenvalue weighted by molar-refractivity contribution is 0.0725. The number of hydrogen-bond donors (Lipinski definition) is 2. The van der Waals surface area contributed by atoms with Gasteiger partial charge in [0.2, 0.25) is 0 Å². The molecule has 2 aliphatic carbocycles. The van der Waals surface area contributed by atoms with Crippen LogP contribution in [0.1, 0.15) is 98.8 Å². The standard InChI is InChI=1S/C11H22O.C10H20O/c1-3-9(4-2)10-6-5-7-11(12)8-10;1-10(2,3)8-4-6-9(11)7-5-8/h9-12H,3-8H2,1-2H3;8-9,11H,4-7H2,1-3H3. The summed E-state index contributed by atoms with van der Waals surface area (Å²) in [6.07, 6.45) is 11.7. The number of aliphatic hydroxyl groups excluding tert-OH is 2. The minimum atomic E-state index is -0.00593. The van der Waals surface area contributed by atoms with Crippen LogP contribution in [0.15, 0.2) is 0 Å². The highest BCUT2D eigenvalue weighted by atomic mass is 16.3. The lowest BCUT2D eigenvalue weighted by Crippen LogP contribution is -2.27. The minimum absolute atomic E-state index is 0.00403. The van der Waals surface area contributed by atoms with Crippen molar-refractivity contribution >= 4 is 0 Å². The molecule has 0 amide bonds. The average Bonchev–Trinajstić information content (AvgIpc) is 2.49. The van der Waals surface area contributed by atoms with Gasteiger partial charge >= 0.3 is 0 Å². The number of rotatable bonds is 3. The molecule has 2 rings (SSSR count). The molecule has 2 N–H and O–H groups in total. The van der Waals surface area contributed by atoms with Crippen LogP contribution in [0, 0.1) is 23.2 Å². The molecular weight excluding hydrogens is 284 g/mol. The fraction of sp³-hybridized carbons (Fsp3) is 1.00. The van der Waals surface area contributed by atoms with Gasteiger partial charge in [0.1, 0.15) is 0 Å². The summed E-state index contributed by atoms with van der Waals surface area (Å²) in [6, 6.07) is 0. The second-order valence-corrected chi connectivity index (χ2v) is 9.03. The van der Waals surface area contributed by atoms with Gasteiger partial charge in [0.15, 0.2) is 0 Å². The zero-order valence-electron chi connectivity index (χ0n) is 16.4. The first kappa shape index (κ1) is 21.0. The summed E-state index contributed by atoms with van der Waals surface area (Å²) >= 11 is 0. The molecule has 0 aliphatic heterocycles. The van der Waals surface area contributed by atoms with E-state index in [1.165, 1.54) is 38.5 Å². The lowest BCUT2D eigenvalue weighted by Gasteiger charge is -2.35. The summed E-state index contributed by atoms with van der Waals surface area (Å²) in [5.41, 5.74) is 0.445. The van der Waals surface area contributed by atoms with Crippen LogP contribution in [0.5, 0.6) is 0 Å². The molecule has 0 bridgehead atoms. The average molecular weight is 327 g/mol. The van der Waals surface area contributed by atoms with Crippen LogP contribution in [-0.2, 0) is 0 Å². The van der Waals surface area contributed by atoms with Crippen LogP contribution in [0.2, 0.25) is 0 Å². The topological polar surface area (TPSA) is 40.5 Å². The van der Waals surface area contributed by atoms with Crippen LogP contribution in [-0.4, -0.2) is 22.4 Å². The fourth-order valence-corrected chi connectivity index (χ4v) is 4.53. The first-order valence-electron chi connectivity index (χ1n) is 10.1. The van der Waals surface area contributed by atoms with Crippen LogP contribution < -0.4 is 0 Å². The predicted molar refractivity (Wildman–Crippen MR) is 99.5 cm³/mol. The van der Waals surface area contributed by atoms with Crippen molar-refractivity contribution < 1.29 is 10.2 Å². The monoisotopic (exact) mass is 326 g/mol. The molecule has 0 spiro atoms. The molecule has 23 heavy (non-hydrogen) atoms. The van der Waals surface area contributed by atoms with E-state index in [1.54, 1.807) is 0 Å². The Morgan fingerprint density at radius 2 is 1.39 bits per heavy atom. The molecule has 2 unspecified atom stereocenters. The van der Waals surface area contributed by atoms with Crippen molar-refractivity contribution in [2.45, 2.75) is 111 Å². The van der Waals surface area contributed by atoms with Gasteiger partial charge in [-0.15, -0.1) is 0 Å². The predicted octanol–water partition coefficient (Wildman–Crippen LogP) is 5.56. The molecule has 2 nitrogen and oxygen atoms in total. The number of aliphatic hydroxyl groups is 2. The maximum Gasteiger partial charge on any atom is 0.0543 e. The van der Waals surface area contributed by atoms with Gasteiger partial charge in [-0.1, -0.05) is 53.9 Å². The minimum Gasteiger partial charge on any atom is -0.393 e. The van der Waals surface area contributed by atoms with Gasteiger partial charge in [-0.25, -0.2) is 0 Å². The van der Waals surface area contributed by atoms with Crippen molar-refractivity contribution in [2.75, 3.05) is 0 Å². The second-order valence-electron chi connectivity index (χ2n) is 9.03. The van der Waals surface area contributed by atoms with Gasteiger partial charge in [0.25, 0.3) is 0 Å². The van der Waals surface area contributed by atoms with Crippen molar-refractivity contribution in [3.05, 3.63) is 0 Å². The summed E-state index contributed by atoms with van der Waals surface area (Å²) < 4.78 is 0. The molecular formula is C21H42O2. The van der Waals surface area contributed by atoms with Crippen LogP contribution in [0.25, 0.3) is 0 Å². The Hall–Kier alpha value is -0.0800. The van der Waals surface area contributed by atoms with Crippen molar-refractivity contribution in [1.29, 1.82) is 0 Å². The van der Waals surface area contributed by atoms with Gasteiger partial charge in [-0.3, -0.25) is 0 Å². The van der Waals surface area contributed by atoms with Gasteiger partial charge in [-0.2, -0.15) is 0 Å². The van der Waals surface area contributed by atoms with E-state index < -0.39 is 0 Å². The van der Waals surface area contributed by atoms with E-state index in [0.29, 0.717) is 5.41 Å². The zero-order chi connectivity index (χ0) is 17.5. The molecule has 2 fully saturated rings. The van der Waals surface area contributed by atoms with Crippen molar-refractivity contribution in [2.24, 2.45) is 23.2 Å². The van der Waals surface area contributed by atoms with Crippen molar-refractivity contribution in [3.8, 4) is 0 Å². The summed E-state index contributed by atoms with van der Waals surface area (Å²) in [4.78, 5) is 0. The summed E-state index contributed by atoms with van der Waals surface area (Å²) in [5, 5.41) is 18.8. The van der Waals surface area contributed by atoms with Gasteiger partial charge < -0.3 is 10.2 Å². The van der Waals surface area contributed by atoms with E-state index in [9.17, 15) is 10.2 Å². The first-order chi connectivity index (χ1) is 10.8. The molecule has 2 heteroatoms. The third-order valence-electron chi connectivity index (χ3n) is 6.32. The molecule has 0 aromatic rings. The zero-order valence-corrected chi connectivity index (χ0v) is 16.4. The van der Waals surface area contributed by atoms with Gasteiger partial charge in [-0.05, 0) is 68.1 Å². The lowest BCUT2D eigenvalue weighted by atomic mass is 9.72. The number of hydrogen-bond acceptors (Lipinski definition) is 2. The Balaban J connectivity index is 0.000000231. The van der Waals surface area contributed by atoms with E-state index in [-0.39, 0.29) is 12.2 Å². The maximum absolute atomic E-state index is 9.52. The van der Waals surface area contributed by atoms with E-state index in [4.69, 9.17) is 0 Å². The Morgan fingerprint density at radius 3 is 1.83 bits per heavy atom. The largest absolute Gasteiger partial charge is 0.393 e. The third kappa shape index (κ3) is 7.56. The van der Waals surface area contributed by atoms with E-state index >= 15 is 0 Å². The highest BCUT2D eigenvalue weighted by molar-refractivity contribution is 4.80. The van der Waals surface area contributed by atoms with Crippen molar-refractivity contribution in [3.63, 3.8) is 0 Å². The second kappa shape index (κ2) is 10.0. The Labute approximate surface area is 145 Å². The molecule has 2 saturated carbocycles. The molecule has 0 radical (unpaired) electrons. The van der Waals surface area contributed by atoms with Crippen LogP contribution >= 0.6 is 0 Å². The van der Waals surface area contributed by atoms with Gasteiger partial charge in [0.05, 0.1) is 12.2 Å². The molecule has 0 saturated heterocycles. The molecule has 0 heterocycles. The van der Waals surface area contributed by atoms with Crippen molar-refractivity contribution in [1.82, 2.24) is 0 Å². The van der Waals surface area contributed by atoms with Crippen LogP contribution in [0.3, 0.4) is 0 Å². The summed E-state index contributed by atoms with van der Waals surface area (Å²) in [6.45, 7) is 11.4. The Morgan fingerprint density at radius 1 is 0.826 bits per heavy atom. The smallest absolute Gasteiger partial charge is 0.0543 e. The fourth-order valence-electron chi connectivity index (χ4n) is 4.53. The normalized spacial score (nSPS) is 32.3. The highest BCUT2D eigenvalue weighted by Crippen LogP contribution is 2.37. The maximum atomic E-state index is 9.52. The van der Waals surface area contributed by atoms with E-state index in [1.807, 2.05) is 0 Å². The molecule has 2 atom stereocenters. The van der Waals surface area contributed by atoms with E-state index in [0.717, 1.165) is 43.4 Å². The molecule has 0 aromatic heterocycles. The van der Waals surface area contributed by atoms with Crippen LogP contribution in [0.4, 0.5) is 0 Å². The first-order valence-corrected chi connectivity index (χ1v) is 10.1. The third-order valence-corrected chi connectivity index (χ3v) is 6.32. The molecule has 0 aromatic carbocycles. The molecule has 2 aliphatic rings. The molecule has 138 valence electrons. The Bertz CT molecular complexity index is 295. The van der Waals surface area contributed by atoms with E-state index in [2.05, 4.69) is 34.6 Å². The summed E-state index contributed by atoms with van der Waals surface area (Å²) in [5.74, 6) is 2.49. The quantitative estimate of drug-likeness (QED) is 0.713.